The van der Waals surface area contributed by atoms with Crippen molar-refractivity contribution in [3.05, 3.63) is 269 Å². The summed E-state index contributed by atoms with van der Waals surface area (Å²) < 4.78 is 6.59. The molecule has 0 saturated heterocycles. The van der Waals surface area contributed by atoms with Gasteiger partial charge in [0.05, 0.1) is 17.2 Å². The van der Waals surface area contributed by atoms with Gasteiger partial charge in [0.25, 0.3) is 0 Å². The number of ether oxygens (including phenoxy) is 1. The van der Waals surface area contributed by atoms with E-state index in [4.69, 9.17) is 9.73 Å². The summed E-state index contributed by atoms with van der Waals surface area (Å²) in [7, 11) is 0. The number of benzene rings is 9. The number of amidine groups is 1. The quantitative estimate of drug-likeness (QED) is 0.182. The van der Waals surface area contributed by atoms with Gasteiger partial charge in [-0.3, -0.25) is 0 Å². The monoisotopic (exact) mass is 792 g/mol. The highest BCUT2D eigenvalue weighted by Crippen LogP contribution is 2.62. The summed E-state index contributed by atoms with van der Waals surface area (Å²) in [5.74, 6) is 2.66. The van der Waals surface area contributed by atoms with Crippen LogP contribution in [0.5, 0.6) is 11.5 Å². The average molecular weight is 793 g/mol. The molecule has 9 aromatic rings. The van der Waals surface area contributed by atoms with E-state index in [1.54, 1.807) is 0 Å². The summed E-state index contributed by atoms with van der Waals surface area (Å²) in [4.78, 5) is 5.24. The van der Waals surface area contributed by atoms with Crippen LogP contribution in [0.1, 0.15) is 45.0 Å². The molecule has 3 heteroatoms. The molecule has 292 valence electrons. The van der Waals surface area contributed by atoms with Crippen molar-refractivity contribution in [3.8, 4) is 56.0 Å². The molecule has 2 aliphatic heterocycles. The van der Waals surface area contributed by atoms with Crippen molar-refractivity contribution in [2.24, 2.45) is 4.99 Å². The first-order chi connectivity index (χ1) is 30.7. The van der Waals surface area contributed by atoms with Gasteiger partial charge in [-0.05, 0) is 97.6 Å². The zero-order valence-electron chi connectivity index (χ0n) is 33.9. The Hall–Kier alpha value is -8.01. The third kappa shape index (κ3) is 5.85. The summed E-state index contributed by atoms with van der Waals surface area (Å²) in [6, 6.07) is 80.5. The Morgan fingerprint density at radius 3 is 1.53 bits per heavy atom. The standard InChI is InChI=1S/C59H40N2O/c1-3-15-39(16-4-1)40-29-31-41(32-30-40)54-38-55(61-58(60-54)42-17-5-2-6-18-42)47-22-14-21-45(36-47)43-19-13-20-44(35-43)46-33-34-49-48-23-7-8-24-50(48)59(53(49)37-46)51-25-9-11-27-56(51)62-57-28-12-10-26-52(57)59/h1-38,54H,(H,60,61). The molecule has 3 aliphatic rings. The first kappa shape index (κ1) is 35.9. The smallest absolute Gasteiger partial charge is 0.134 e. The van der Waals surface area contributed by atoms with E-state index in [0.717, 1.165) is 45.3 Å². The lowest BCUT2D eigenvalue weighted by Gasteiger charge is -2.39. The molecule has 2 heterocycles. The van der Waals surface area contributed by atoms with Crippen molar-refractivity contribution in [1.82, 2.24) is 5.32 Å². The van der Waals surface area contributed by atoms with Crippen LogP contribution in [0.25, 0.3) is 50.2 Å². The van der Waals surface area contributed by atoms with Crippen LogP contribution in [0.2, 0.25) is 0 Å². The molecule has 9 aromatic carbocycles. The topological polar surface area (TPSA) is 33.6 Å². The number of nitrogens with zero attached hydrogens (tertiary/aromatic N) is 1. The predicted octanol–water partition coefficient (Wildman–Crippen LogP) is 14.3. The Labute approximate surface area is 362 Å². The molecule has 0 fully saturated rings. The Bertz CT molecular complexity index is 3190. The van der Waals surface area contributed by atoms with E-state index in [1.165, 1.54) is 61.2 Å². The maximum Gasteiger partial charge on any atom is 0.134 e. The maximum atomic E-state index is 6.59. The third-order valence-corrected chi connectivity index (χ3v) is 12.8. The van der Waals surface area contributed by atoms with Crippen LogP contribution in [-0.2, 0) is 5.41 Å². The second-order valence-electron chi connectivity index (χ2n) is 16.3. The third-order valence-electron chi connectivity index (χ3n) is 12.8. The van der Waals surface area contributed by atoms with Crippen LogP contribution in [0.4, 0.5) is 0 Å². The van der Waals surface area contributed by atoms with E-state index in [1.807, 2.05) is 6.07 Å². The van der Waals surface area contributed by atoms with E-state index >= 15 is 0 Å². The van der Waals surface area contributed by atoms with Crippen LogP contribution in [0.3, 0.4) is 0 Å². The van der Waals surface area contributed by atoms with Gasteiger partial charge < -0.3 is 10.1 Å². The van der Waals surface area contributed by atoms with Crippen LogP contribution in [0.15, 0.2) is 236 Å². The number of hydrogen-bond acceptors (Lipinski definition) is 3. The Morgan fingerprint density at radius 1 is 0.371 bits per heavy atom. The van der Waals surface area contributed by atoms with Gasteiger partial charge in [0.1, 0.15) is 17.3 Å². The molecule has 0 radical (unpaired) electrons. The molecule has 0 amide bonds. The maximum absolute atomic E-state index is 6.59. The number of fused-ring (bicyclic) bond motifs is 9. The fourth-order valence-electron chi connectivity index (χ4n) is 9.90. The molecule has 0 saturated carbocycles. The number of rotatable bonds is 6. The van der Waals surface area contributed by atoms with E-state index in [9.17, 15) is 0 Å². The van der Waals surface area contributed by atoms with Gasteiger partial charge in [-0.2, -0.15) is 0 Å². The number of aliphatic imine (C=N–C) groups is 1. The number of para-hydroxylation sites is 2. The lowest BCUT2D eigenvalue weighted by atomic mass is 9.66. The van der Waals surface area contributed by atoms with E-state index < -0.39 is 5.41 Å². The Kier molecular flexibility index (Phi) is 8.46. The normalized spacial score (nSPS) is 15.2. The van der Waals surface area contributed by atoms with Gasteiger partial charge in [0, 0.05) is 22.3 Å². The minimum absolute atomic E-state index is 0.0570. The van der Waals surface area contributed by atoms with Gasteiger partial charge in [0.15, 0.2) is 0 Å². The first-order valence-electron chi connectivity index (χ1n) is 21.3. The molecule has 0 aromatic heterocycles. The highest BCUT2D eigenvalue weighted by molar-refractivity contribution is 6.03. The Balaban J connectivity index is 0.932. The highest BCUT2D eigenvalue weighted by atomic mass is 16.5. The molecule has 1 unspecified atom stereocenters. The number of hydrogen-bond donors (Lipinski definition) is 1. The fourth-order valence-corrected chi connectivity index (χ4v) is 9.90. The minimum atomic E-state index is -0.511. The minimum Gasteiger partial charge on any atom is -0.457 e. The van der Waals surface area contributed by atoms with Crippen molar-refractivity contribution in [2.45, 2.75) is 11.5 Å². The van der Waals surface area contributed by atoms with Crippen molar-refractivity contribution in [1.29, 1.82) is 0 Å². The lowest BCUT2D eigenvalue weighted by molar-refractivity contribution is 0.436. The molecule has 1 atom stereocenters. The van der Waals surface area contributed by atoms with E-state index in [-0.39, 0.29) is 6.04 Å². The predicted molar refractivity (Wildman–Crippen MR) is 253 cm³/mol. The molecule has 1 N–H and O–H groups in total. The molecule has 62 heavy (non-hydrogen) atoms. The first-order valence-corrected chi connectivity index (χ1v) is 21.3. The van der Waals surface area contributed by atoms with Crippen molar-refractivity contribution in [3.63, 3.8) is 0 Å². The van der Waals surface area contributed by atoms with Gasteiger partial charge in [-0.15, -0.1) is 0 Å². The SMILES string of the molecule is C1=C(c2cccc(-c3cccc(-c4ccc5c(c4)C4(c6ccccc6Oc6ccccc64)c4ccccc4-5)c3)c2)N=C(c2ccccc2)NC1c1ccc(-c2ccccc2)cc1. The molecule has 3 nitrogen and oxygen atoms in total. The largest absolute Gasteiger partial charge is 0.457 e. The zero-order valence-corrected chi connectivity index (χ0v) is 33.9. The van der Waals surface area contributed by atoms with Gasteiger partial charge in [0.2, 0.25) is 0 Å². The molecule has 1 spiro atoms. The molecular weight excluding hydrogens is 753 g/mol. The second kappa shape index (κ2) is 14.6. The summed E-state index contributed by atoms with van der Waals surface area (Å²) >= 11 is 0. The van der Waals surface area contributed by atoms with Crippen LogP contribution >= 0.6 is 0 Å². The van der Waals surface area contributed by atoms with Crippen LogP contribution < -0.4 is 10.1 Å². The zero-order chi connectivity index (χ0) is 41.0. The second-order valence-corrected chi connectivity index (χ2v) is 16.3. The van der Waals surface area contributed by atoms with Gasteiger partial charge >= 0.3 is 0 Å². The van der Waals surface area contributed by atoms with Crippen molar-refractivity contribution >= 4 is 11.5 Å². The molecule has 0 bridgehead atoms. The van der Waals surface area contributed by atoms with Crippen molar-refractivity contribution in [2.75, 3.05) is 0 Å². The van der Waals surface area contributed by atoms with Crippen LogP contribution in [-0.4, -0.2) is 5.84 Å². The summed E-state index contributed by atoms with van der Waals surface area (Å²) in [5.41, 5.74) is 18.2. The Morgan fingerprint density at radius 2 is 0.855 bits per heavy atom. The van der Waals surface area contributed by atoms with Gasteiger partial charge in [-0.25, -0.2) is 4.99 Å². The van der Waals surface area contributed by atoms with E-state index in [2.05, 4.69) is 230 Å². The summed E-state index contributed by atoms with van der Waals surface area (Å²) in [5, 5.41) is 3.74. The van der Waals surface area contributed by atoms with Crippen molar-refractivity contribution < 1.29 is 4.74 Å². The summed E-state index contributed by atoms with van der Waals surface area (Å²) in [6.45, 7) is 0. The lowest BCUT2D eigenvalue weighted by Crippen LogP contribution is -2.32. The van der Waals surface area contributed by atoms with Crippen LogP contribution in [0, 0.1) is 0 Å². The molecule has 1 aliphatic carbocycles. The van der Waals surface area contributed by atoms with E-state index in [0.29, 0.717) is 0 Å². The average Bonchev–Trinajstić information content (AvgIpc) is 3.64. The number of nitrogens with one attached hydrogen (secondary N) is 1. The fraction of sp³-hybridized carbons (Fsp3) is 0.0339. The highest BCUT2D eigenvalue weighted by Gasteiger charge is 2.51. The van der Waals surface area contributed by atoms with Gasteiger partial charge in [-0.1, -0.05) is 194 Å². The molecule has 12 rings (SSSR count). The summed E-state index contributed by atoms with van der Waals surface area (Å²) in [6.07, 6.45) is 2.25. The molecular formula is C59H40N2O.